The van der Waals surface area contributed by atoms with Gasteiger partial charge in [-0.05, 0) is 0 Å². The molecule has 0 bridgehead atoms. The van der Waals surface area contributed by atoms with Gasteiger partial charge in [0, 0.05) is 13.1 Å². The minimum absolute atomic E-state index is 0.435. The predicted molar refractivity (Wildman–Crippen MR) is 45.4 cm³/mol. The molecule has 0 saturated carbocycles. The number of hydrogen-bond donors (Lipinski definition) is 2. The van der Waals surface area contributed by atoms with Gasteiger partial charge in [0.1, 0.15) is 0 Å². The second-order valence-corrected chi connectivity index (χ2v) is 1.91. The summed E-state index contributed by atoms with van der Waals surface area (Å²) in [6.07, 6.45) is 0.815. The molecule has 0 fully saturated rings. The van der Waals surface area contributed by atoms with Crippen LogP contribution in [-0.4, -0.2) is 26.3 Å². The maximum Gasteiger partial charge on any atom is 0.406 e. The average Bonchev–Trinajstić information content (AvgIpc) is 2.02. The van der Waals surface area contributed by atoms with E-state index < -0.39 is 6.09 Å². The van der Waals surface area contributed by atoms with Gasteiger partial charge in [-0.15, -0.1) is 0 Å². The zero-order valence-corrected chi connectivity index (χ0v) is 7.52. The molecule has 3 N–H and O–H groups in total. The maximum absolute atomic E-state index is 10.2. The van der Waals surface area contributed by atoms with Crippen molar-refractivity contribution in [3.05, 3.63) is 0 Å². The highest BCUT2D eigenvalue weighted by atomic mass is 16.5. The van der Waals surface area contributed by atoms with Crippen LogP contribution >= 0.6 is 0 Å². The second kappa shape index (κ2) is 12.0. The van der Waals surface area contributed by atoms with Crippen molar-refractivity contribution in [2.24, 2.45) is 5.73 Å². The number of amides is 1. The maximum atomic E-state index is 10.2. The summed E-state index contributed by atoms with van der Waals surface area (Å²) in [6.45, 7) is 5.15. The molecule has 4 heteroatoms. The van der Waals surface area contributed by atoms with Crippen LogP contribution < -0.4 is 11.1 Å². The van der Waals surface area contributed by atoms with E-state index in [9.17, 15) is 4.79 Å². The molecule has 0 atom stereocenters. The van der Waals surface area contributed by atoms with Crippen molar-refractivity contribution in [1.82, 2.24) is 5.32 Å². The quantitative estimate of drug-likeness (QED) is 0.628. The molecule has 0 aliphatic rings. The number of hydrogen-bond acceptors (Lipinski definition) is 3. The molecule has 0 heterocycles. The van der Waals surface area contributed by atoms with Crippen molar-refractivity contribution in [1.29, 1.82) is 0 Å². The SMILES string of the molecule is CCC.COC(=O)NCCN. The van der Waals surface area contributed by atoms with Gasteiger partial charge in [0.25, 0.3) is 0 Å². The van der Waals surface area contributed by atoms with Gasteiger partial charge in [-0.1, -0.05) is 20.3 Å². The summed E-state index contributed by atoms with van der Waals surface area (Å²) in [6, 6.07) is 0. The Kier molecular flexibility index (Phi) is 14.0. The first-order chi connectivity index (χ1) is 5.22. The van der Waals surface area contributed by atoms with E-state index in [-0.39, 0.29) is 0 Å². The zero-order valence-electron chi connectivity index (χ0n) is 7.52. The highest BCUT2D eigenvalue weighted by molar-refractivity contribution is 5.66. The molecule has 4 nitrogen and oxygen atoms in total. The van der Waals surface area contributed by atoms with E-state index in [0.717, 1.165) is 0 Å². The summed E-state index contributed by atoms with van der Waals surface area (Å²) in [4.78, 5) is 10.2. The van der Waals surface area contributed by atoms with Gasteiger partial charge >= 0.3 is 6.09 Å². The highest BCUT2D eigenvalue weighted by Crippen LogP contribution is 1.66. The van der Waals surface area contributed by atoms with Crippen LogP contribution in [0.1, 0.15) is 20.3 Å². The number of carbonyl (C=O) groups is 1. The molecule has 0 unspecified atom stereocenters. The van der Waals surface area contributed by atoms with Crippen LogP contribution in [0.3, 0.4) is 0 Å². The molecule has 0 aromatic carbocycles. The van der Waals surface area contributed by atoms with Crippen LogP contribution in [0.2, 0.25) is 0 Å². The van der Waals surface area contributed by atoms with Gasteiger partial charge in [-0.3, -0.25) is 0 Å². The summed E-state index contributed by atoms with van der Waals surface area (Å²) in [5.74, 6) is 0. The first-order valence-corrected chi connectivity index (χ1v) is 3.74. The minimum atomic E-state index is -0.435. The Bertz CT molecular complexity index is 86.5. The van der Waals surface area contributed by atoms with Gasteiger partial charge < -0.3 is 15.8 Å². The standard InChI is InChI=1S/C4H10N2O2.C3H8/c1-8-4(7)6-3-2-5;1-3-2/h2-3,5H2,1H3,(H,6,7);3H2,1-2H3. The van der Waals surface area contributed by atoms with E-state index in [1.165, 1.54) is 13.5 Å². The molecular weight excluding hydrogens is 144 g/mol. The average molecular weight is 162 g/mol. The molecule has 0 aromatic rings. The molecule has 0 aliphatic heterocycles. The van der Waals surface area contributed by atoms with Gasteiger partial charge in [0.05, 0.1) is 7.11 Å². The summed E-state index contributed by atoms with van der Waals surface area (Å²) in [5.41, 5.74) is 5.06. The van der Waals surface area contributed by atoms with E-state index in [0.29, 0.717) is 13.1 Å². The highest BCUT2D eigenvalue weighted by Gasteiger charge is 1.91. The number of carbonyl (C=O) groups excluding carboxylic acids is 1. The molecule has 0 aromatic heterocycles. The smallest absolute Gasteiger partial charge is 0.406 e. The van der Waals surface area contributed by atoms with Gasteiger partial charge in [0.15, 0.2) is 0 Å². The van der Waals surface area contributed by atoms with Crippen molar-refractivity contribution in [3.63, 3.8) is 0 Å². The van der Waals surface area contributed by atoms with Crippen molar-refractivity contribution >= 4 is 6.09 Å². The van der Waals surface area contributed by atoms with E-state index in [1.807, 2.05) is 0 Å². The lowest BCUT2D eigenvalue weighted by Gasteiger charge is -1.98. The van der Waals surface area contributed by atoms with Gasteiger partial charge in [0.2, 0.25) is 0 Å². The number of methoxy groups -OCH3 is 1. The molecule has 68 valence electrons. The molecule has 1 amide bonds. The number of ether oxygens (including phenoxy) is 1. The summed E-state index contributed by atoms with van der Waals surface area (Å²) >= 11 is 0. The van der Waals surface area contributed by atoms with Crippen LogP contribution in [0.15, 0.2) is 0 Å². The second-order valence-electron chi connectivity index (χ2n) is 1.91. The van der Waals surface area contributed by atoms with Crippen LogP contribution in [0, 0.1) is 0 Å². The number of nitrogens with one attached hydrogen (secondary N) is 1. The van der Waals surface area contributed by atoms with E-state index >= 15 is 0 Å². The summed E-state index contributed by atoms with van der Waals surface area (Å²) in [7, 11) is 1.31. The Balaban J connectivity index is 0. The fraction of sp³-hybridized carbons (Fsp3) is 0.857. The lowest BCUT2D eigenvalue weighted by atomic mass is 10.6. The lowest BCUT2D eigenvalue weighted by Crippen LogP contribution is -2.28. The van der Waals surface area contributed by atoms with E-state index in [2.05, 4.69) is 23.9 Å². The van der Waals surface area contributed by atoms with Gasteiger partial charge in [-0.2, -0.15) is 0 Å². The van der Waals surface area contributed by atoms with Crippen LogP contribution in [0.25, 0.3) is 0 Å². The van der Waals surface area contributed by atoms with Crippen LogP contribution in [0.5, 0.6) is 0 Å². The van der Waals surface area contributed by atoms with Crippen LogP contribution in [-0.2, 0) is 4.74 Å². The van der Waals surface area contributed by atoms with Crippen molar-refractivity contribution in [3.8, 4) is 0 Å². The summed E-state index contributed by atoms with van der Waals surface area (Å²) < 4.78 is 4.25. The fourth-order valence-electron chi connectivity index (χ4n) is 0.246. The predicted octanol–water partition coefficient (Wildman–Crippen LogP) is 0.717. The third kappa shape index (κ3) is 17.6. The third-order valence-corrected chi connectivity index (χ3v) is 0.599. The normalized spacial score (nSPS) is 7.64. The topological polar surface area (TPSA) is 64.3 Å². The van der Waals surface area contributed by atoms with Crippen LogP contribution in [0.4, 0.5) is 4.79 Å². The Morgan fingerprint density at radius 3 is 2.27 bits per heavy atom. The Morgan fingerprint density at radius 1 is 1.55 bits per heavy atom. The van der Waals surface area contributed by atoms with Crippen molar-refractivity contribution < 1.29 is 9.53 Å². The fourth-order valence-corrected chi connectivity index (χ4v) is 0.246. The number of alkyl carbamates (subject to hydrolysis) is 1. The Morgan fingerprint density at radius 2 is 2.00 bits per heavy atom. The summed E-state index contributed by atoms with van der Waals surface area (Å²) in [5, 5.41) is 2.40. The largest absolute Gasteiger partial charge is 0.453 e. The molecule has 11 heavy (non-hydrogen) atoms. The molecular formula is C7H18N2O2. The van der Waals surface area contributed by atoms with Gasteiger partial charge in [-0.25, -0.2) is 4.79 Å². The minimum Gasteiger partial charge on any atom is -0.453 e. The molecule has 0 saturated heterocycles. The first kappa shape index (κ1) is 12.9. The molecule has 0 radical (unpaired) electrons. The Hall–Kier alpha value is -0.770. The Labute approximate surface area is 68.1 Å². The monoisotopic (exact) mass is 162 g/mol. The zero-order chi connectivity index (χ0) is 9.11. The van der Waals surface area contributed by atoms with Crippen molar-refractivity contribution in [2.75, 3.05) is 20.2 Å². The number of nitrogens with two attached hydrogens (primary N) is 1. The lowest BCUT2D eigenvalue weighted by molar-refractivity contribution is 0.171. The van der Waals surface area contributed by atoms with E-state index in [1.54, 1.807) is 0 Å². The molecule has 0 rings (SSSR count). The van der Waals surface area contributed by atoms with Crippen molar-refractivity contribution in [2.45, 2.75) is 20.3 Å². The molecule has 0 aliphatic carbocycles. The first-order valence-electron chi connectivity index (χ1n) is 3.74. The number of rotatable bonds is 2. The third-order valence-electron chi connectivity index (χ3n) is 0.599. The van der Waals surface area contributed by atoms with E-state index in [4.69, 9.17) is 5.73 Å². The molecule has 0 spiro atoms.